The van der Waals surface area contributed by atoms with Crippen LogP contribution in [0.2, 0.25) is 0 Å². The standard InChI is InChI=1S/C13H10BrS.C4H10N.2CH3.2ClH.H2Si.Zr/c1-7-3-9-5-12-11(6-13(14)15-12)8(2)10(9)4-7;1-4(2,3)5;;;;;;/h4-6,13H,1-2H3;5H,1-3H3;2*1H3;2*1H;1H2;/q4*-1;;;;. The van der Waals surface area contributed by atoms with Crippen LogP contribution in [0.15, 0.2) is 16.5 Å². The van der Waals surface area contributed by atoms with Crippen molar-refractivity contribution in [1.29, 1.82) is 0 Å². The SMILES string of the molecule is CC(C)(C)[NH-].CC1=Cc2c(C)c3c(cc2=[C-]1)SC(Br)C=3.Cl.Cl.[CH3-].[CH3-].[SiH2]=[Zr]. The molecule has 150 valence electrons. The second kappa shape index (κ2) is 15.1. The molecule has 1 aromatic carbocycles. The summed E-state index contributed by atoms with van der Waals surface area (Å²) in [5.41, 5.74) is 10.7. The molecule has 1 atom stereocenters. The van der Waals surface area contributed by atoms with Gasteiger partial charge in [0, 0.05) is 0 Å². The molecule has 0 saturated heterocycles. The number of alkyl halides is 1. The van der Waals surface area contributed by atoms with E-state index in [9.17, 15) is 0 Å². The molecule has 0 radical (unpaired) electrons. The summed E-state index contributed by atoms with van der Waals surface area (Å²) in [5.74, 6) is 0. The van der Waals surface area contributed by atoms with Gasteiger partial charge in [-0.2, -0.15) is 11.3 Å². The van der Waals surface area contributed by atoms with E-state index in [2.05, 4.69) is 54.1 Å². The van der Waals surface area contributed by atoms with Crippen molar-refractivity contribution < 1.29 is 23.3 Å². The Labute approximate surface area is 202 Å². The fourth-order valence-corrected chi connectivity index (χ4v) is 4.01. The number of rotatable bonds is 0. The van der Waals surface area contributed by atoms with E-state index in [1.807, 2.05) is 39.4 Å². The summed E-state index contributed by atoms with van der Waals surface area (Å²) in [6, 6.07) is 2.26. The molecule has 2 aliphatic rings. The zero-order chi connectivity index (χ0) is 17.1. The summed E-state index contributed by atoms with van der Waals surface area (Å²) >= 11 is 7.07. The Balaban J connectivity index is -0.000000196. The van der Waals surface area contributed by atoms with E-state index in [4.69, 9.17) is 5.73 Å². The van der Waals surface area contributed by atoms with E-state index in [1.165, 1.54) is 32.0 Å². The molecule has 1 unspecified atom stereocenters. The first-order valence-electron chi connectivity index (χ1n) is 7.04. The zero-order valence-corrected chi connectivity index (χ0v) is 24.5. The van der Waals surface area contributed by atoms with Crippen molar-refractivity contribution in [1.82, 2.24) is 0 Å². The van der Waals surface area contributed by atoms with E-state index in [0.29, 0.717) is 4.16 Å². The Hall–Kier alpha value is 1.17. The molecular formula is C19H30BrCl2NSSiZr-4. The quantitative estimate of drug-likeness (QED) is 0.233. The van der Waals surface area contributed by atoms with Gasteiger partial charge in [-0.25, -0.2) is 0 Å². The third-order valence-corrected chi connectivity index (χ3v) is 4.65. The van der Waals surface area contributed by atoms with Gasteiger partial charge >= 0.3 is 30.2 Å². The zero-order valence-electron chi connectivity index (χ0n) is 16.6. The van der Waals surface area contributed by atoms with E-state index in [0.717, 1.165) is 0 Å². The Morgan fingerprint density at radius 3 is 2.12 bits per heavy atom. The molecule has 0 saturated carbocycles. The van der Waals surface area contributed by atoms with Crippen LogP contribution in [0, 0.1) is 21.8 Å². The first kappa shape index (κ1) is 34.7. The average molecular weight is 575 g/mol. The van der Waals surface area contributed by atoms with Gasteiger partial charge in [-0.05, 0) is 17.0 Å². The molecule has 3 rings (SSSR count). The van der Waals surface area contributed by atoms with Crippen LogP contribution in [0.5, 0.6) is 0 Å². The van der Waals surface area contributed by atoms with Crippen LogP contribution < -0.4 is 10.4 Å². The van der Waals surface area contributed by atoms with E-state index < -0.39 is 0 Å². The molecule has 1 aliphatic carbocycles. The van der Waals surface area contributed by atoms with Crippen molar-refractivity contribution in [3.05, 3.63) is 53.8 Å². The van der Waals surface area contributed by atoms with Crippen molar-refractivity contribution in [2.24, 2.45) is 0 Å². The molecule has 1 aliphatic heterocycles. The fraction of sp³-hybridized carbons (Fsp3) is 0.368. The van der Waals surface area contributed by atoms with Crippen LogP contribution >= 0.6 is 52.5 Å². The third kappa shape index (κ3) is 10.6. The van der Waals surface area contributed by atoms with Gasteiger partial charge in [0.1, 0.15) is 0 Å². The minimum atomic E-state index is -0.250. The monoisotopic (exact) mass is 571 g/mol. The molecule has 0 fully saturated rings. The van der Waals surface area contributed by atoms with Gasteiger partial charge < -0.3 is 20.6 Å². The topological polar surface area (TPSA) is 23.8 Å². The summed E-state index contributed by atoms with van der Waals surface area (Å²) in [6.07, 6.45) is 7.92. The molecule has 1 nitrogen and oxygen atoms in total. The van der Waals surface area contributed by atoms with Crippen molar-refractivity contribution in [2.75, 3.05) is 0 Å². The predicted octanol–water partition coefficient (Wildman–Crippen LogP) is 5.34. The van der Waals surface area contributed by atoms with Crippen LogP contribution in [-0.2, 0) is 23.3 Å². The molecule has 26 heavy (non-hydrogen) atoms. The van der Waals surface area contributed by atoms with Gasteiger partial charge in [-0.3, -0.25) is 0 Å². The minimum absolute atomic E-state index is 0. The number of allylic oxidation sites excluding steroid dienone is 1. The molecule has 0 spiro atoms. The summed E-state index contributed by atoms with van der Waals surface area (Å²) in [5, 5.41) is 2.65. The molecule has 1 N–H and O–H groups in total. The average Bonchev–Trinajstić information content (AvgIpc) is 2.92. The van der Waals surface area contributed by atoms with Crippen LogP contribution in [-0.4, -0.2) is 16.6 Å². The van der Waals surface area contributed by atoms with E-state index in [1.54, 1.807) is 23.3 Å². The van der Waals surface area contributed by atoms with Crippen molar-refractivity contribution in [2.45, 2.75) is 49.2 Å². The number of thioether (sulfide) groups is 1. The normalized spacial score (nSPS) is 14.8. The van der Waals surface area contributed by atoms with Crippen LogP contribution in [0.4, 0.5) is 0 Å². The van der Waals surface area contributed by atoms with Gasteiger partial charge in [0.25, 0.3) is 0 Å². The van der Waals surface area contributed by atoms with Gasteiger partial charge in [-0.15, -0.1) is 65.4 Å². The molecule has 0 bridgehead atoms. The molecule has 1 heterocycles. The Morgan fingerprint density at radius 1 is 1.19 bits per heavy atom. The second-order valence-electron chi connectivity index (χ2n) is 6.21. The predicted molar refractivity (Wildman–Crippen MR) is 130 cm³/mol. The summed E-state index contributed by atoms with van der Waals surface area (Å²) in [4.78, 5) is 1.38. The Kier molecular flexibility index (Phi) is 20.1. The second-order valence-corrected chi connectivity index (χ2v) is 8.99. The summed E-state index contributed by atoms with van der Waals surface area (Å²) < 4.78 is 0.429. The first-order valence-corrected chi connectivity index (χ1v) is 14.8. The number of nitrogens with one attached hydrogen (secondary N) is 1. The number of fused-ring (bicyclic) bond motifs is 2. The van der Waals surface area contributed by atoms with E-state index in [-0.39, 0.29) is 45.2 Å². The molecule has 0 aromatic heterocycles. The van der Waals surface area contributed by atoms with Crippen LogP contribution in [0.1, 0.15) is 38.8 Å². The van der Waals surface area contributed by atoms with Crippen molar-refractivity contribution in [3.8, 4) is 0 Å². The molecule has 1 aromatic rings. The molecular weight excluding hydrogens is 544 g/mol. The van der Waals surface area contributed by atoms with Crippen molar-refractivity contribution in [3.63, 3.8) is 0 Å². The molecule has 7 heteroatoms. The Bertz CT molecular complexity index is 712. The number of hydrogen-bond donors (Lipinski definition) is 0. The molecule has 0 amide bonds. The first-order chi connectivity index (χ1) is 10.1. The van der Waals surface area contributed by atoms with Gasteiger partial charge in [0.15, 0.2) is 0 Å². The number of halogens is 3. The van der Waals surface area contributed by atoms with Gasteiger partial charge in [0.05, 0.1) is 4.16 Å². The Morgan fingerprint density at radius 2 is 1.65 bits per heavy atom. The maximum absolute atomic E-state index is 6.94. The third-order valence-electron chi connectivity index (χ3n) is 2.87. The van der Waals surface area contributed by atoms with Gasteiger partial charge in [0.2, 0.25) is 0 Å². The maximum atomic E-state index is 6.94. The van der Waals surface area contributed by atoms with Crippen LogP contribution in [0.3, 0.4) is 0 Å². The fourth-order valence-electron chi connectivity index (χ4n) is 2.16. The van der Waals surface area contributed by atoms with Crippen LogP contribution in [0.25, 0.3) is 24.0 Å². The summed E-state index contributed by atoms with van der Waals surface area (Å²) in [6.45, 7) is 11.8. The summed E-state index contributed by atoms with van der Waals surface area (Å²) in [7, 11) is 0. The van der Waals surface area contributed by atoms with E-state index >= 15 is 0 Å². The van der Waals surface area contributed by atoms with Gasteiger partial charge in [-0.1, -0.05) is 55.3 Å². The number of benzene rings is 1. The number of hydrogen-bond acceptors (Lipinski definition) is 1. The van der Waals surface area contributed by atoms with Crippen molar-refractivity contribution >= 4 is 77.6 Å².